The van der Waals surface area contributed by atoms with Gasteiger partial charge in [0.2, 0.25) is 0 Å². The number of aromatic nitrogens is 4. The van der Waals surface area contributed by atoms with Gasteiger partial charge in [-0.2, -0.15) is 0 Å². The van der Waals surface area contributed by atoms with Crippen molar-refractivity contribution in [1.82, 2.24) is 19.6 Å². The molecule has 2 aliphatic rings. The predicted octanol–water partition coefficient (Wildman–Crippen LogP) is 3.14. The van der Waals surface area contributed by atoms with Crippen LogP contribution in [0.1, 0.15) is 62.4 Å². The summed E-state index contributed by atoms with van der Waals surface area (Å²) in [5.41, 5.74) is 2.70. The molecule has 1 fully saturated rings. The number of hydrogen-bond donors (Lipinski definition) is 1. The molecule has 1 atom stereocenters. The van der Waals surface area contributed by atoms with Crippen molar-refractivity contribution >= 4 is 23.4 Å². The van der Waals surface area contributed by atoms with Gasteiger partial charge >= 0.3 is 5.97 Å². The fraction of sp³-hybridized carbons (Fsp3) is 0.300. The summed E-state index contributed by atoms with van der Waals surface area (Å²) in [6.07, 6.45) is 6.92. The van der Waals surface area contributed by atoms with Gasteiger partial charge in [0.05, 0.1) is 40.3 Å². The molecule has 3 heterocycles. The lowest BCUT2D eigenvalue weighted by Gasteiger charge is -2.24. The molecule has 10 heteroatoms. The maximum Gasteiger partial charge on any atom is 0.338 e. The number of esters is 1. The van der Waals surface area contributed by atoms with Gasteiger partial charge < -0.3 is 9.84 Å². The van der Waals surface area contributed by atoms with Crippen molar-refractivity contribution in [1.29, 1.82) is 0 Å². The Morgan fingerprint density at radius 1 is 1.18 bits per heavy atom. The van der Waals surface area contributed by atoms with Crippen LogP contribution in [0.3, 0.4) is 0 Å². The standard InChI is InChI=1S/C30H29N5O4S/c1-3-39-28(37)25-19(2)31-29-35(26(25)21-11-5-4-6-12-21)27(36)23(40-29)17-20-10-9-13-22(16-20)34-18-24(32-33-34)30(38)14-7-8-15-30/h4-6,9-13,16-18,26,38H,3,7-8,14-15H2,1-2H3/b23-17-. The fourth-order valence-electron chi connectivity index (χ4n) is 5.47. The molecule has 0 radical (unpaired) electrons. The van der Waals surface area contributed by atoms with Crippen molar-refractivity contribution in [3.05, 3.63) is 109 Å². The highest BCUT2D eigenvalue weighted by Crippen LogP contribution is 2.37. The molecule has 4 aromatic rings. The molecule has 0 amide bonds. The number of hydrogen-bond acceptors (Lipinski definition) is 8. The average Bonchev–Trinajstić information content (AvgIpc) is 3.69. The largest absolute Gasteiger partial charge is 0.463 e. The highest BCUT2D eigenvalue weighted by molar-refractivity contribution is 7.07. The minimum absolute atomic E-state index is 0.227. The Hall–Kier alpha value is -4.15. The third kappa shape index (κ3) is 4.63. The molecule has 1 saturated carbocycles. The summed E-state index contributed by atoms with van der Waals surface area (Å²) in [5.74, 6) is -0.478. The molecule has 0 spiro atoms. The van der Waals surface area contributed by atoms with E-state index in [1.807, 2.05) is 60.7 Å². The summed E-state index contributed by atoms with van der Waals surface area (Å²) < 4.78 is 9.08. The van der Waals surface area contributed by atoms with E-state index in [-0.39, 0.29) is 12.2 Å². The second kappa shape index (κ2) is 10.4. The Morgan fingerprint density at radius 3 is 2.70 bits per heavy atom. The van der Waals surface area contributed by atoms with E-state index in [2.05, 4.69) is 15.3 Å². The minimum atomic E-state index is -0.917. The van der Waals surface area contributed by atoms with Crippen LogP contribution in [0.15, 0.2) is 81.9 Å². The van der Waals surface area contributed by atoms with Gasteiger partial charge in [-0.05, 0) is 56.0 Å². The van der Waals surface area contributed by atoms with Gasteiger partial charge in [0.25, 0.3) is 5.56 Å². The summed E-state index contributed by atoms with van der Waals surface area (Å²) in [5, 5.41) is 19.4. The van der Waals surface area contributed by atoms with Gasteiger partial charge in [0.15, 0.2) is 4.80 Å². The van der Waals surface area contributed by atoms with Crippen molar-refractivity contribution < 1.29 is 14.6 Å². The van der Waals surface area contributed by atoms with Crippen LogP contribution in [-0.4, -0.2) is 37.2 Å². The van der Waals surface area contributed by atoms with Crippen molar-refractivity contribution in [2.24, 2.45) is 4.99 Å². The maximum atomic E-state index is 13.8. The lowest BCUT2D eigenvalue weighted by atomic mass is 9.96. The van der Waals surface area contributed by atoms with Crippen LogP contribution >= 0.6 is 11.3 Å². The molecular formula is C30H29N5O4S. The number of carbonyl (C=O) groups is 1. The number of rotatable bonds is 6. The van der Waals surface area contributed by atoms with Crippen LogP contribution in [0.4, 0.5) is 0 Å². The molecule has 1 aliphatic heterocycles. The molecule has 40 heavy (non-hydrogen) atoms. The SMILES string of the molecule is CCOC(=O)C1=C(C)N=c2s/c(=C\c3cccc(-n4cc(C5(O)CCCC5)nn4)c3)c(=O)n2C1c1ccccc1. The van der Waals surface area contributed by atoms with Crippen LogP contribution in [0.2, 0.25) is 0 Å². The van der Waals surface area contributed by atoms with E-state index < -0.39 is 17.6 Å². The Kier molecular flexibility index (Phi) is 6.81. The first-order valence-electron chi connectivity index (χ1n) is 13.4. The first kappa shape index (κ1) is 26.1. The Labute approximate surface area is 234 Å². The number of nitrogens with zero attached hydrogens (tertiary/aromatic N) is 5. The molecule has 0 bridgehead atoms. The van der Waals surface area contributed by atoms with Crippen LogP contribution in [0.25, 0.3) is 11.8 Å². The monoisotopic (exact) mass is 555 g/mol. The summed E-state index contributed by atoms with van der Waals surface area (Å²) in [6, 6.07) is 16.4. The Balaban J connectivity index is 1.41. The van der Waals surface area contributed by atoms with E-state index >= 15 is 0 Å². The Bertz CT molecular complexity index is 1790. The van der Waals surface area contributed by atoms with Crippen LogP contribution < -0.4 is 14.9 Å². The lowest BCUT2D eigenvalue weighted by molar-refractivity contribution is -0.139. The van der Waals surface area contributed by atoms with Crippen LogP contribution in [0.5, 0.6) is 0 Å². The Morgan fingerprint density at radius 2 is 1.95 bits per heavy atom. The van der Waals surface area contributed by atoms with Crippen molar-refractivity contribution in [2.75, 3.05) is 6.61 Å². The third-order valence-corrected chi connectivity index (χ3v) is 8.45. The second-order valence-electron chi connectivity index (χ2n) is 10.1. The van der Waals surface area contributed by atoms with E-state index in [4.69, 9.17) is 4.74 Å². The predicted molar refractivity (Wildman–Crippen MR) is 151 cm³/mol. The smallest absolute Gasteiger partial charge is 0.338 e. The number of ether oxygens (including phenoxy) is 1. The fourth-order valence-corrected chi connectivity index (χ4v) is 6.52. The molecule has 204 valence electrons. The van der Waals surface area contributed by atoms with Gasteiger partial charge in [0, 0.05) is 0 Å². The van der Waals surface area contributed by atoms with Gasteiger partial charge in [-0.1, -0.05) is 71.9 Å². The zero-order valence-electron chi connectivity index (χ0n) is 22.3. The summed E-state index contributed by atoms with van der Waals surface area (Å²) in [4.78, 5) is 32.0. The first-order valence-corrected chi connectivity index (χ1v) is 14.2. The van der Waals surface area contributed by atoms with Gasteiger partial charge in [-0.25, -0.2) is 14.5 Å². The summed E-state index contributed by atoms with van der Waals surface area (Å²) >= 11 is 1.28. The molecule has 1 aliphatic carbocycles. The number of benzene rings is 2. The zero-order valence-corrected chi connectivity index (χ0v) is 23.1. The van der Waals surface area contributed by atoms with Crippen LogP contribution in [-0.2, 0) is 15.1 Å². The van der Waals surface area contributed by atoms with E-state index in [1.54, 1.807) is 29.3 Å². The number of fused-ring (bicyclic) bond motifs is 1. The number of allylic oxidation sites excluding steroid dienone is 1. The minimum Gasteiger partial charge on any atom is -0.463 e. The van der Waals surface area contributed by atoms with Gasteiger partial charge in [-0.3, -0.25) is 9.36 Å². The summed E-state index contributed by atoms with van der Waals surface area (Å²) in [7, 11) is 0. The number of carbonyl (C=O) groups excluding carboxylic acids is 1. The van der Waals surface area contributed by atoms with Crippen molar-refractivity contribution in [3.8, 4) is 5.69 Å². The highest BCUT2D eigenvalue weighted by atomic mass is 32.1. The second-order valence-corrected chi connectivity index (χ2v) is 11.1. The van der Waals surface area contributed by atoms with E-state index in [1.165, 1.54) is 11.3 Å². The van der Waals surface area contributed by atoms with E-state index in [0.717, 1.165) is 29.7 Å². The molecule has 1 unspecified atom stereocenters. The molecule has 2 aromatic carbocycles. The summed E-state index contributed by atoms with van der Waals surface area (Å²) in [6.45, 7) is 3.76. The molecular weight excluding hydrogens is 526 g/mol. The molecule has 9 nitrogen and oxygen atoms in total. The number of aliphatic hydroxyl groups is 1. The zero-order chi connectivity index (χ0) is 27.9. The third-order valence-electron chi connectivity index (χ3n) is 7.47. The molecule has 0 saturated heterocycles. The van der Waals surface area contributed by atoms with Gasteiger partial charge in [0.1, 0.15) is 11.3 Å². The highest BCUT2D eigenvalue weighted by Gasteiger charge is 2.36. The molecule has 2 aromatic heterocycles. The van der Waals surface area contributed by atoms with E-state index in [0.29, 0.717) is 39.1 Å². The molecule has 6 rings (SSSR count). The van der Waals surface area contributed by atoms with Crippen LogP contribution in [0, 0.1) is 0 Å². The van der Waals surface area contributed by atoms with Crippen molar-refractivity contribution in [2.45, 2.75) is 51.2 Å². The maximum absolute atomic E-state index is 13.8. The molecule has 1 N–H and O–H groups in total. The van der Waals surface area contributed by atoms with E-state index in [9.17, 15) is 14.7 Å². The first-order chi connectivity index (χ1) is 19.4. The quantitative estimate of drug-likeness (QED) is 0.366. The lowest BCUT2D eigenvalue weighted by Crippen LogP contribution is -2.39. The van der Waals surface area contributed by atoms with Crippen molar-refractivity contribution in [3.63, 3.8) is 0 Å². The number of thiazole rings is 1. The topological polar surface area (TPSA) is 112 Å². The normalized spacial score (nSPS) is 18.5. The average molecular weight is 556 g/mol. The van der Waals surface area contributed by atoms with Gasteiger partial charge in [-0.15, -0.1) is 5.10 Å².